The zero-order valence-corrected chi connectivity index (χ0v) is 9.97. The third-order valence-electron chi connectivity index (χ3n) is 1.70. The molecular formula is C11H14BrNO. The lowest BCUT2D eigenvalue weighted by Crippen LogP contribution is -2.13. The molecule has 1 amide bonds. The van der Waals surface area contributed by atoms with Crippen molar-refractivity contribution in [2.24, 2.45) is 5.92 Å². The second-order valence-corrected chi connectivity index (χ2v) is 4.57. The Hall–Kier alpha value is -0.830. The van der Waals surface area contributed by atoms with Gasteiger partial charge in [-0.1, -0.05) is 35.8 Å². The summed E-state index contributed by atoms with van der Waals surface area (Å²) < 4.78 is 0.972. The summed E-state index contributed by atoms with van der Waals surface area (Å²) in [6.07, 6.45) is 0.562. The Morgan fingerprint density at radius 2 is 2.21 bits per heavy atom. The van der Waals surface area contributed by atoms with Gasteiger partial charge >= 0.3 is 0 Å². The molecule has 0 unspecified atom stereocenters. The standard InChI is InChI=1S/C11H14BrNO/c1-8(2)6-11(14)13-10-5-3-4-9(12)7-10/h3-5,7-8H,6H2,1-2H3,(H,13,14). The number of carbonyl (C=O) groups is 1. The van der Waals surface area contributed by atoms with Gasteiger partial charge in [-0.05, 0) is 24.1 Å². The average Bonchev–Trinajstić information content (AvgIpc) is 2.01. The van der Waals surface area contributed by atoms with Crippen LogP contribution in [-0.4, -0.2) is 5.91 Å². The minimum Gasteiger partial charge on any atom is -0.326 e. The topological polar surface area (TPSA) is 29.1 Å². The lowest BCUT2D eigenvalue weighted by Gasteiger charge is -2.06. The summed E-state index contributed by atoms with van der Waals surface area (Å²) in [4.78, 5) is 11.4. The van der Waals surface area contributed by atoms with Gasteiger partial charge in [-0.25, -0.2) is 0 Å². The molecule has 76 valence electrons. The molecule has 1 N–H and O–H groups in total. The zero-order valence-electron chi connectivity index (χ0n) is 8.38. The highest BCUT2D eigenvalue weighted by Gasteiger charge is 2.04. The summed E-state index contributed by atoms with van der Waals surface area (Å²) >= 11 is 3.35. The van der Waals surface area contributed by atoms with Crippen molar-refractivity contribution in [3.8, 4) is 0 Å². The highest BCUT2D eigenvalue weighted by atomic mass is 79.9. The lowest BCUT2D eigenvalue weighted by atomic mass is 10.1. The maximum atomic E-state index is 11.4. The minimum atomic E-state index is 0.0677. The first-order valence-electron chi connectivity index (χ1n) is 4.63. The van der Waals surface area contributed by atoms with Crippen LogP contribution in [0.3, 0.4) is 0 Å². The molecule has 0 atom stereocenters. The number of carbonyl (C=O) groups excluding carboxylic acids is 1. The van der Waals surface area contributed by atoms with Gasteiger partial charge in [0.1, 0.15) is 0 Å². The Labute approximate surface area is 92.8 Å². The molecule has 0 aromatic heterocycles. The molecule has 0 aliphatic heterocycles. The number of benzene rings is 1. The second kappa shape index (κ2) is 5.15. The Balaban J connectivity index is 2.56. The lowest BCUT2D eigenvalue weighted by molar-refractivity contribution is -0.116. The van der Waals surface area contributed by atoms with E-state index >= 15 is 0 Å². The molecule has 1 rings (SSSR count). The predicted molar refractivity (Wildman–Crippen MR) is 62.2 cm³/mol. The van der Waals surface area contributed by atoms with Gasteiger partial charge in [0.2, 0.25) is 5.91 Å². The van der Waals surface area contributed by atoms with Gasteiger partial charge in [-0.15, -0.1) is 0 Å². The van der Waals surface area contributed by atoms with E-state index in [4.69, 9.17) is 0 Å². The summed E-state index contributed by atoms with van der Waals surface area (Å²) in [6.45, 7) is 4.06. The highest BCUT2D eigenvalue weighted by Crippen LogP contribution is 2.16. The molecular weight excluding hydrogens is 242 g/mol. The van der Waals surface area contributed by atoms with Crippen molar-refractivity contribution in [2.75, 3.05) is 5.32 Å². The van der Waals surface area contributed by atoms with Gasteiger partial charge in [0.15, 0.2) is 0 Å². The van der Waals surface area contributed by atoms with E-state index in [0.29, 0.717) is 12.3 Å². The van der Waals surface area contributed by atoms with Crippen molar-refractivity contribution in [3.05, 3.63) is 28.7 Å². The van der Waals surface area contributed by atoms with Crippen LogP contribution in [0.15, 0.2) is 28.7 Å². The summed E-state index contributed by atoms with van der Waals surface area (Å²) in [7, 11) is 0. The molecule has 0 bridgehead atoms. The number of rotatable bonds is 3. The maximum Gasteiger partial charge on any atom is 0.224 e. The van der Waals surface area contributed by atoms with Gasteiger partial charge in [-0.2, -0.15) is 0 Å². The quantitative estimate of drug-likeness (QED) is 0.881. The largest absolute Gasteiger partial charge is 0.326 e. The molecule has 0 aliphatic carbocycles. The van der Waals surface area contributed by atoms with Gasteiger partial charge in [0.05, 0.1) is 0 Å². The first-order valence-corrected chi connectivity index (χ1v) is 5.42. The van der Waals surface area contributed by atoms with Crippen LogP contribution >= 0.6 is 15.9 Å². The Kier molecular flexibility index (Phi) is 4.14. The third kappa shape index (κ3) is 3.92. The van der Waals surface area contributed by atoms with E-state index in [1.54, 1.807) is 0 Å². The number of anilines is 1. The van der Waals surface area contributed by atoms with Crippen LogP contribution in [0.1, 0.15) is 20.3 Å². The summed E-state index contributed by atoms with van der Waals surface area (Å²) in [5.74, 6) is 0.459. The summed E-state index contributed by atoms with van der Waals surface area (Å²) in [5, 5.41) is 2.85. The molecule has 2 nitrogen and oxygen atoms in total. The Bertz CT molecular complexity index is 323. The predicted octanol–water partition coefficient (Wildman–Crippen LogP) is 3.43. The molecule has 1 aromatic rings. The van der Waals surface area contributed by atoms with E-state index in [9.17, 15) is 4.79 Å². The molecule has 3 heteroatoms. The van der Waals surface area contributed by atoms with Gasteiger partial charge in [0.25, 0.3) is 0 Å². The number of amides is 1. The van der Waals surface area contributed by atoms with E-state index in [0.717, 1.165) is 10.2 Å². The van der Waals surface area contributed by atoms with E-state index in [1.807, 2.05) is 38.1 Å². The van der Waals surface area contributed by atoms with E-state index < -0.39 is 0 Å². The number of halogens is 1. The van der Waals surface area contributed by atoms with Crippen molar-refractivity contribution in [2.45, 2.75) is 20.3 Å². The van der Waals surface area contributed by atoms with Crippen molar-refractivity contribution < 1.29 is 4.79 Å². The van der Waals surface area contributed by atoms with Crippen molar-refractivity contribution in [1.29, 1.82) is 0 Å². The smallest absolute Gasteiger partial charge is 0.224 e. The maximum absolute atomic E-state index is 11.4. The van der Waals surface area contributed by atoms with Crippen LogP contribution < -0.4 is 5.32 Å². The molecule has 0 radical (unpaired) electrons. The van der Waals surface area contributed by atoms with Crippen LogP contribution in [0.2, 0.25) is 0 Å². The monoisotopic (exact) mass is 255 g/mol. The van der Waals surface area contributed by atoms with Gasteiger partial charge in [-0.3, -0.25) is 4.79 Å². The van der Waals surface area contributed by atoms with Gasteiger partial charge in [0, 0.05) is 16.6 Å². The van der Waals surface area contributed by atoms with Crippen molar-refractivity contribution >= 4 is 27.5 Å². The summed E-state index contributed by atoms with van der Waals surface area (Å²) in [6, 6.07) is 7.59. The van der Waals surface area contributed by atoms with Crippen LogP contribution in [0.5, 0.6) is 0 Å². The number of hydrogen-bond donors (Lipinski definition) is 1. The van der Waals surface area contributed by atoms with Crippen LogP contribution in [0, 0.1) is 5.92 Å². The SMILES string of the molecule is CC(C)CC(=O)Nc1cccc(Br)c1. The third-order valence-corrected chi connectivity index (χ3v) is 2.20. The molecule has 0 heterocycles. The first kappa shape index (κ1) is 11.2. The molecule has 0 aliphatic rings. The fourth-order valence-corrected chi connectivity index (χ4v) is 1.55. The highest BCUT2D eigenvalue weighted by molar-refractivity contribution is 9.10. The minimum absolute atomic E-state index is 0.0677. The van der Waals surface area contributed by atoms with Crippen molar-refractivity contribution in [3.63, 3.8) is 0 Å². The van der Waals surface area contributed by atoms with Crippen LogP contribution in [-0.2, 0) is 4.79 Å². The molecule has 1 aromatic carbocycles. The van der Waals surface area contributed by atoms with Crippen LogP contribution in [0.25, 0.3) is 0 Å². The van der Waals surface area contributed by atoms with Crippen LogP contribution in [0.4, 0.5) is 5.69 Å². The molecule has 14 heavy (non-hydrogen) atoms. The number of hydrogen-bond acceptors (Lipinski definition) is 1. The fraction of sp³-hybridized carbons (Fsp3) is 0.364. The average molecular weight is 256 g/mol. The van der Waals surface area contributed by atoms with E-state index in [1.165, 1.54) is 0 Å². The van der Waals surface area contributed by atoms with Crippen molar-refractivity contribution in [1.82, 2.24) is 0 Å². The van der Waals surface area contributed by atoms with E-state index in [2.05, 4.69) is 21.2 Å². The number of nitrogens with one attached hydrogen (secondary N) is 1. The zero-order chi connectivity index (χ0) is 10.6. The van der Waals surface area contributed by atoms with E-state index in [-0.39, 0.29) is 5.91 Å². The second-order valence-electron chi connectivity index (χ2n) is 3.66. The Morgan fingerprint density at radius 1 is 1.50 bits per heavy atom. The summed E-state index contributed by atoms with van der Waals surface area (Å²) in [5.41, 5.74) is 0.838. The molecule has 0 saturated heterocycles. The Morgan fingerprint density at radius 3 is 2.79 bits per heavy atom. The molecule has 0 saturated carbocycles. The normalized spacial score (nSPS) is 10.3. The molecule has 0 fully saturated rings. The molecule has 0 spiro atoms. The van der Waals surface area contributed by atoms with Gasteiger partial charge < -0.3 is 5.32 Å². The fourth-order valence-electron chi connectivity index (χ4n) is 1.15. The first-order chi connectivity index (χ1) is 6.58.